The lowest BCUT2D eigenvalue weighted by Crippen LogP contribution is -2.52. The molecule has 2 heterocycles. The van der Waals surface area contributed by atoms with Crippen LogP contribution in [-0.2, 0) is 11.2 Å². The third kappa shape index (κ3) is 4.51. The lowest BCUT2D eigenvalue weighted by molar-refractivity contribution is -0.384. The maximum absolute atomic E-state index is 14.1. The molecule has 0 radical (unpaired) electrons. The number of nitrogens with zero attached hydrogens (tertiary/aromatic N) is 3. The average molecular weight is 520 g/mol. The van der Waals surface area contributed by atoms with Gasteiger partial charge in [-0.3, -0.25) is 15.0 Å². The highest BCUT2D eigenvalue weighted by Crippen LogP contribution is 2.42. The molecule has 3 aromatic carbocycles. The molecule has 38 heavy (non-hydrogen) atoms. The molecule has 0 saturated carbocycles. The second-order valence-electron chi connectivity index (χ2n) is 9.57. The van der Waals surface area contributed by atoms with Crippen LogP contribution in [0.2, 0.25) is 0 Å². The largest absolute Gasteiger partial charge is 0.486 e. The molecule has 196 valence electrons. The topological polar surface area (TPSA) is 94.4 Å². The van der Waals surface area contributed by atoms with Crippen molar-refractivity contribution in [1.82, 2.24) is 4.90 Å². The highest BCUT2D eigenvalue weighted by molar-refractivity contribution is 5.90. The lowest BCUT2D eigenvalue weighted by atomic mass is 10.1. The van der Waals surface area contributed by atoms with E-state index in [9.17, 15) is 19.3 Å². The maximum Gasteiger partial charge on any atom is 0.338 e. The average Bonchev–Trinajstić information content (AvgIpc) is 3.29. The number of nitro groups is 1. The summed E-state index contributed by atoms with van der Waals surface area (Å²) in [6, 6.07) is 15.7. The Morgan fingerprint density at radius 1 is 1.00 bits per heavy atom. The second kappa shape index (κ2) is 9.94. The first-order valence-electron chi connectivity index (χ1n) is 12.6. The minimum Gasteiger partial charge on any atom is -0.486 e. The maximum atomic E-state index is 14.1. The molecule has 0 aromatic heterocycles. The molecule has 0 spiro atoms. The Balaban J connectivity index is 1.20. The summed E-state index contributed by atoms with van der Waals surface area (Å²) in [6.45, 7) is 3.97. The van der Waals surface area contributed by atoms with Gasteiger partial charge in [-0.25, -0.2) is 9.18 Å². The number of carbonyl (C=O) groups excluding carboxylic acids is 1. The predicted octanol–water partition coefficient (Wildman–Crippen LogP) is 4.15. The number of benzene rings is 3. The van der Waals surface area contributed by atoms with Gasteiger partial charge < -0.3 is 19.1 Å². The summed E-state index contributed by atoms with van der Waals surface area (Å²) in [7, 11) is 0. The monoisotopic (exact) mass is 519 g/mol. The van der Waals surface area contributed by atoms with Crippen molar-refractivity contribution in [3.63, 3.8) is 0 Å². The molecule has 0 amide bonds. The van der Waals surface area contributed by atoms with Gasteiger partial charge in [0.1, 0.15) is 25.1 Å². The summed E-state index contributed by atoms with van der Waals surface area (Å²) < 4.78 is 31.7. The first kappa shape index (κ1) is 24.2. The fourth-order valence-corrected chi connectivity index (χ4v) is 5.54. The quantitative estimate of drug-likeness (QED) is 0.282. The molecule has 2 aliphatic heterocycles. The normalized spacial score (nSPS) is 20.6. The number of esters is 1. The van der Waals surface area contributed by atoms with E-state index in [2.05, 4.69) is 9.80 Å². The smallest absolute Gasteiger partial charge is 0.338 e. The first-order valence-corrected chi connectivity index (χ1v) is 12.6. The number of hydrogen-bond donors (Lipinski definition) is 0. The number of piperazine rings is 1. The van der Waals surface area contributed by atoms with Gasteiger partial charge in [0, 0.05) is 38.3 Å². The van der Waals surface area contributed by atoms with E-state index in [1.54, 1.807) is 6.07 Å². The first-order chi connectivity index (χ1) is 18.5. The second-order valence-corrected chi connectivity index (χ2v) is 9.57. The minimum absolute atomic E-state index is 0.101. The Bertz CT molecular complexity index is 1370. The van der Waals surface area contributed by atoms with Gasteiger partial charge >= 0.3 is 5.97 Å². The number of carbonyl (C=O) groups is 1. The van der Waals surface area contributed by atoms with Crippen LogP contribution < -0.4 is 14.4 Å². The highest BCUT2D eigenvalue weighted by atomic mass is 19.1. The van der Waals surface area contributed by atoms with Crippen molar-refractivity contribution in [2.24, 2.45) is 0 Å². The van der Waals surface area contributed by atoms with E-state index in [1.165, 1.54) is 36.4 Å². The standard InChI is InChI=1S/C28H26FN3O6/c29-20-6-9-22-19(16-20)17-24(26(22)38-28(33)18-4-7-21(8-5-18)32(34)35)31-12-10-30(11-13-31)23-2-1-3-25-27(23)37-15-14-36-25/h1-9,16,24,26H,10-15,17H2/t24-,26-/m1/s1. The number of non-ortho nitro benzene ring substituents is 1. The molecule has 10 heteroatoms. The molecule has 6 rings (SSSR count). The molecule has 1 aliphatic carbocycles. The van der Waals surface area contributed by atoms with Crippen LogP contribution in [0.4, 0.5) is 15.8 Å². The minimum atomic E-state index is -0.582. The van der Waals surface area contributed by atoms with Crippen LogP contribution in [0.25, 0.3) is 0 Å². The molecule has 1 fully saturated rings. The van der Waals surface area contributed by atoms with E-state index in [4.69, 9.17) is 14.2 Å². The van der Waals surface area contributed by atoms with Gasteiger partial charge in [-0.15, -0.1) is 0 Å². The molecular weight excluding hydrogens is 493 g/mol. The van der Waals surface area contributed by atoms with Crippen molar-refractivity contribution in [2.45, 2.75) is 18.6 Å². The highest BCUT2D eigenvalue weighted by Gasteiger charge is 2.40. The van der Waals surface area contributed by atoms with Crippen molar-refractivity contribution < 1.29 is 28.3 Å². The molecule has 0 N–H and O–H groups in total. The van der Waals surface area contributed by atoms with Crippen LogP contribution in [0, 0.1) is 15.9 Å². The Kier molecular flexibility index (Phi) is 6.32. The van der Waals surface area contributed by atoms with E-state index < -0.39 is 17.0 Å². The van der Waals surface area contributed by atoms with Crippen LogP contribution in [0.15, 0.2) is 60.7 Å². The summed E-state index contributed by atoms with van der Waals surface area (Å²) in [6.07, 6.45) is -0.0238. The fourth-order valence-electron chi connectivity index (χ4n) is 5.54. The number of halogens is 1. The molecule has 2 atom stereocenters. The number of hydrogen-bond acceptors (Lipinski definition) is 8. The van der Waals surface area contributed by atoms with Crippen molar-refractivity contribution >= 4 is 17.3 Å². The van der Waals surface area contributed by atoms with Gasteiger partial charge in [-0.1, -0.05) is 12.1 Å². The Hall–Kier alpha value is -4.18. The van der Waals surface area contributed by atoms with Crippen LogP contribution >= 0.6 is 0 Å². The van der Waals surface area contributed by atoms with E-state index in [-0.39, 0.29) is 23.1 Å². The van der Waals surface area contributed by atoms with Crippen LogP contribution in [0.5, 0.6) is 11.5 Å². The molecule has 3 aliphatic rings. The summed E-state index contributed by atoms with van der Waals surface area (Å²) in [5, 5.41) is 11.0. The SMILES string of the molecule is O=C(O[C@@H]1c2ccc(F)cc2C[C@H]1N1CCN(c2cccc3c2OCCO3)CC1)c1ccc([N+](=O)[O-])cc1. The molecule has 0 unspecified atom stereocenters. The van der Waals surface area contributed by atoms with Crippen molar-refractivity contribution in [2.75, 3.05) is 44.3 Å². The Morgan fingerprint density at radius 2 is 1.76 bits per heavy atom. The number of anilines is 1. The van der Waals surface area contributed by atoms with Gasteiger partial charge in [-0.05, 0) is 53.9 Å². The molecular formula is C28H26FN3O6. The van der Waals surface area contributed by atoms with Gasteiger partial charge in [0.2, 0.25) is 0 Å². The number of nitro benzene ring substituents is 1. The Labute approximate surface area is 218 Å². The van der Waals surface area contributed by atoms with Crippen molar-refractivity contribution in [3.8, 4) is 11.5 Å². The van der Waals surface area contributed by atoms with Crippen LogP contribution in [0.3, 0.4) is 0 Å². The van der Waals surface area contributed by atoms with Crippen LogP contribution in [0.1, 0.15) is 27.6 Å². The molecule has 9 nitrogen and oxygen atoms in total. The fraction of sp³-hybridized carbons (Fsp3) is 0.321. The summed E-state index contributed by atoms with van der Waals surface area (Å²) in [4.78, 5) is 28.0. The summed E-state index contributed by atoms with van der Waals surface area (Å²) >= 11 is 0. The summed E-state index contributed by atoms with van der Waals surface area (Å²) in [5.74, 6) is 0.623. The molecule has 0 bridgehead atoms. The number of para-hydroxylation sites is 1. The number of fused-ring (bicyclic) bond motifs is 2. The lowest BCUT2D eigenvalue weighted by Gasteiger charge is -2.41. The van der Waals surface area contributed by atoms with Crippen LogP contribution in [-0.4, -0.2) is 61.2 Å². The third-order valence-electron chi connectivity index (χ3n) is 7.41. The van der Waals surface area contributed by atoms with E-state index in [0.29, 0.717) is 19.6 Å². The van der Waals surface area contributed by atoms with Gasteiger partial charge in [0.15, 0.2) is 11.5 Å². The number of rotatable bonds is 5. The predicted molar refractivity (Wildman–Crippen MR) is 136 cm³/mol. The third-order valence-corrected chi connectivity index (χ3v) is 7.41. The van der Waals surface area contributed by atoms with Gasteiger partial charge in [-0.2, -0.15) is 0 Å². The number of ether oxygens (including phenoxy) is 3. The summed E-state index contributed by atoms with van der Waals surface area (Å²) in [5.41, 5.74) is 2.74. The van der Waals surface area contributed by atoms with Gasteiger partial charge in [0.25, 0.3) is 5.69 Å². The zero-order valence-corrected chi connectivity index (χ0v) is 20.5. The molecule has 1 saturated heterocycles. The van der Waals surface area contributed by atoms with Crippen molar-refractivity contribution in [1.29, 1.82) is 0 Å². The molecule has 3 aromatic rings. The zero-order valence-electron chi connectivity index (χ0n) is 20.5. The van der Waals surface area contributed by atoms with E-state index in [1.807, 2.05) is 18.2 Å². The zero-order chi connectivity index (χ0) is 26.2. The van der Waals surface area contributed by atoms with Gasteiger partial charge in [0.05, 0.1) is 22.2 Å². The Morgan fingerprint density at radius 3 is 2.53 bits per heavy atom. The van der Waals surface area contributed by atoms with E-state index >= 15 is 0 Å². The van der Waals surface area contributed by atoms with Crippen molar-refractivity contribution in [3.05, 3.63) is 93.3 Å². The van der Waals surface area contributed by atoms with E-state index in [0.717, 1.165) is 54.5 Å².